The Hall–Kier alpha value is -2.74. The van der Waals surface area contributed by atoms with Crippen LogP contribution in [-0.2, 0) is 17.8 Å². The number of ether oxygens (including phenoxy) is 1. The van der Waals surface area contributed by atoms with Gasteiger partial charge in [-0.2, -0.15) is 0 Å². The molecule has 0 saturated carbocycles. The van der Waals surface area contributed by atoms with Crippen LogP contribution in [0.2, 0.25) is 0 Å². The Labute approximate surface area is 168 Å². The van der Waals surface area contributed by atoms with E-state index in [2.05, 4.69) is 9.88 Å². The number of rotatable bonds is 4. The largest absolute Gasteiger partial charge is 0.484 e. The molecule has 1 aromatic heterocycles. The Morgan fingerprint density at radius 1 is 1.38 bits per heavy atom. The van der Waals surface area contributed by atoms with E-state index in [0.717, 1.165) is 37.1 Å². The molecule has 8 heteroatoms. The van der Waals surface area contributed by atoms with Crippen LogP contribution in [-0.4, -0.2) is 59.0 Å². The predicted octanol–water partition coefficient (Wildman–Crippen LogP) is 1.68. The van der Waals surface area contributed by atoms with Crippen molar-refractivity contribution in [1.82, 2.24) is 19.8 Å². The quantitative estimate of drug-likeness (QED) is 0.845. The fourth-order valence-electron chi connectivity index (χ4n) is 3.99. The summed E-state index contributed by atoms with van der Waals surface area (Å²) in [6, 6.07) is 5.75. The number of fused-ring (bicyclic) bond motifs is 1. The summed E-state index contributed by atoms with van der Waals surface area (Å²) >= 11 is 0. The summed E-state index contributed by atoms with van der Waals surface area (Å²) in [5, 5.41) is 0. The maximum Gasteiger partial charge on any atom is 0.260 e. The van der Waals surface area contributed by atoms with Gasteiger partial charge in [-0.3, -0.25) is 9.59 Å². The van der Waals surface area contributed by atoms with E-state index in [1.165, 1.54) is 12.1 Å². The van der Waals surface area contributed by atoms with E-state index in [1.54, 1.807) is 17.0 Å². The van der Waals surface area contributed by atoms with Crippen LogP contribution in [0.1, 0.15) is 35.8 Å². The monoisotopic (exact) mass is 400 g/mol. The Bertz CT molecular complexity index is 961. The van der Waals surface area contributed by atoms with E-state index in [1.807, 2.05) is 7.05 Å². The zero-order valence-corrected chi connectivity index (χ0v) is 16.5. The number of hydrogen-bond acceptors (Lipinski definition) is 5. The molecule has 2 aliphatic heterocycles. The summed E-state index contributed by atoms with van der Waals surface area (Å²) in [5.74, 6) is 0.446. The number of aromatic amines is 1. The Balaban J connectivity index is 1.42. The van der Waals surface area contributed by atoms with Crippen molar-refractivity contribution in [3.05, 3.63) is 57.5 Å². The van der Waals surface area contributed by atoms with Crippen LogP contribution in [0.4, 0.5) is 4.39 Å². The lowest BCUT2D eigenvalue weighted by Gasteiger charge is -2.33. The van der Waals surface area contributed by atoms with Crippen molar-refractivity contribution in [2.45, 2.75) is 31.7 Å². The highest BCUT2D eigenvalue weighted by atomic mass is 19.1. The minimum absolute atomic E-state index is 0.000439. The molecule has 2 aromatic rings. The van der Waals surface area contributed by atoms with Crippen LogP contribution in [0.25, 0.3) is 0 Å². The summed E-state index contributed by atoms with van der Waals surface area (Å²) in [6.07, 6.45) is 2.47. The summed E-state index contributed by atoms with van der Waals surface area (Å²) in [5.41, 5.74) is 1.55. The maximum atomic E-state index is 13.2. The van der Waals surface area contributed by atoms with E-state index < -0.39 is 5.82 Å². The summed E-state index contributed by atoms with van der Waals surface area (Å²) in [7, 11) is 1.99. The average Bonchev–Trinajstić information content (AvgIpc) is 2.72. The molecule has 154 valence electrons. The van der Waals surface area contributed by atoms with Gasteiger partial charge in [0.15, 0.2) is 6.61 Å². The Kier molecular flexibility index (Phi) is 5.62. The van der Waals surface area contributed by atoms with Crippen molar-refractivity contribution in [2.75, 3.05) is 33.3 Å². The van der Waals surface area contributed by atoms with Crippen LogP contribution < -0.4 is 10.3 Å². The molecular formula is C21H25FN4O3. The van der Waals surface area contributed by atoms with Gasteiger partial charge in [0.1, 0.15) is 17.4 Å². The normalized spacial score (nSPS) is 19.7. The summed E-state index contributed by atoms with van der Waals surface area (Å²) < 4.78 is 18.7. The second kappa shape index (κ2) is 8.32. The molecule has 0 spiro atoms. The van der Waals surface area contributed by atoms with Crippen molar-refractivity contribution < 1.29 is 13.9 Å². The zero-order chi connectivity index (χ0) is 20.4. The molecule has 1 saturated heterocycles. The molecule has 0 unspecified atom stereocenters. The first-order valence-electron chi connectivity index (χ1n) is 9.96. The number of amides is 1. The second-order valence-corrected chi connectivity index (χ2v) is 7.79. The third-order valence-corrected chi connectivity index (χ3v) is 5.60. The minimum atomic E-state index is -0.401. The number of halogens is 1. The lowest BCUT2D eigenvalue weighted by Crippen LogP contribution is -2.42. The number of piperidine rings is 1. The first-order valence-corrected chi connectivity index (χ1v) is 9.96. The lowest BCUT2D eigenvalue weighted by atomic mass is 9.96. The highest BCUT2D eigenvalue weighted by Crippen LogP contribution is 2.25. The molecule has 29 heavy (non-hydrogen) atoms. The molecule has 1 atom stereocenters. The second-order valence-electron chi connectivity index (χ2n) is 7.79. The van der Waals surface area contributed by atoms with Gasteiger partial charge in [-0.05, 0) is 32.0 Å². The fraction of sp³-hybridized carbons (Fsp3) is 0.476. The number of likely N-dealkylation sites (N-methyl/N-ethyl adjacent to an activating group) is 1. The number of nitrogens with one attached hydrogen (secondary N) is 1. The smallest absolute Gasteiger partial charge is 0.260 e. The molecule has 2 aliphatic rings. The first-order chi connectivity index (χ1) is 14.0. The number of carbonyl (C=O) groups excluding carboxylic acids is 1. The number of likely N-dealkylation sites (tertiary alicyclic amines) is 1. The highest BCUT2D eigenvalue weighted by molar-refractivity contribution is 5.78. The van der Waals surface area contributed by atoms with Crippen LogP contribution in [0.5, 0.6) is 5.75 Å². The van der Waals surface area contributed by atoms with Gasteiger partial charge < -0.3 is 19.5 Å². The number of aromatic nitrogens is 2. The highest BCUT2D eigenvalue weighted by Gasteiger charge is 2.28. The zero-order valence-electron chi connectivity index (χ0n) is 16.5. The molecule has 3 heterocycles. The molecule has 0 aliphatic carbocycles. The first kappa shape index (κ1) is 19.6. The Morgan fingerprint density at radius 3 is 3.07 bits per heavy atom. The third kappa shape index (κ3) is 4.48. The predicted molar refractivity (Wildman–Crippen MR) is 105 cm³/mol. The molecular weight excluding hydrogens is 375 g/mol. The average molecular weight is 400 g/mol. The number of hydrogen-bond donors (Lipinski definition) is 1. The van der Waals surface area contributed by atoms with Gasteiger partial charge in [0.05, 0.1) is 11.3 Å². The molecule has 1 aromatic carbocycles. The number of benzene rings is 1. The van der Waals surface area contributed by atoms with E-state index in [9.17, 15) is 14.0 Å². The van der Waals surface area contributed by atoms with Crippen LogP contribution in [0.3, 0.4) is 0 Å². The molecule has 0 radical (unpaired) electrons. The topological polar surface area (TPSA) is 78.5 Å². The number of nitrogens with zero attached hydrogens (tertiary/aromatic N) is 3. The molecule has 0 bridgehead atoms. The van der Waals surface area contributed by atoms with E-state index >= 15 is 0 Å². The third-order valence-electron chi connectivity index (χ3n) is 5.60. The van der Waals surface area contributed by atoms with Gasteiger partial charge in [-0.1, -0.05) is 6.07 Å². The van der Waals surface area contributed by atoms with Crippen molar-refractivity contribution in [2.24, 2.45) is 0 Å². The van der Waals surface area contributed by atoms with Gasteiger partial charge in [0.2, 0.25) is 0 Å². The number of carbonyl (C=O) groups is 1. The summed E-state index contributed by atoms with van der Waals surface area (Å²) in [6.45, 7) is 2.49. The van der Waals surface area contributed by atoms with Crippen LogP contribution >= 0.6 is 0 Å². The fourth-order valence-corrected chi connectivity index (χ4v) is 3.99. The molecule has 4 rings (SSSR count). The van der Waals surface area contributed by atoms with Gasteiger partial charge in [-0.15, -0.1) is 0 Å². The van der Waals surface area contributed by atoms with E-state index in [0.29, 0.717) is 31.2 Å². The Morgan fingerprint density at radius 2 is 2.24 bits per heavy atom. The van der Waals surface area contributed by atoms with Gasteiger partial charge in [0.25, 0.3) is 11.5 Å². The minimum Gasteiger partial charge on any atom is -0.484 e. The van der Waals surface area contributed by atoms with Crippen molar-refractivity contribution in [3.8, 4) is 5.75 Å². The van der Waals surface area contributed by atoms with Crippen LogP contribution in [0.15, 0.2) is 29.1 Å². The van der Waals surface area contributed by atoms with Gasteiger partial charge in [0, 0.05) is 44.6 Å². The molecule has 1 amide bonds. The number of H-pyrrole nitrogens is 1. The van der Waals surface area contributed by atoms with Crippen molar-refractivity contribution >= 4 is 5.91 Å². The van der Waals surface area contributed by atoms with E-state index in [-0.39, 0.29) is 24.0 Å². The SMILES string of the molecule is CN1CCc2nc([C@H]3CCCN(C(=O)COc4cccc(F)c4)C3)[nH]c(=O)c2C1. The standard InChI is InChI=1S/C21H25FN4O3/c1-25-9-7-18-17(12-25)21(28)24-20(23-18)14-4-3-8-26(11-14)19(27)13-29-16-6-2-5-15(22)10-16/h2,5-6,10,14H,3-4,7-9,11-13H2,1H3,(H,23,24,28)/t14-/m0/s1. The molecule has 7 nitrogen and oxygen atoms in total. The lowest BCUT2D eigenvalue weighted by molar-refractivity contribution is -0.134. The maximum absolute atomic E-state index is 13.2. The van der Waals surface area contributed by atoms with Gasteiger partial charge in [-0.25, -0.2) is 9.37 Å². The summed E-state index contributed by atoms with van der Waals surface area (Å²) in [4.78, 5) is 36.6. The molecule has 1 fully saturated rings. The van der Waals surface area contributed by atoms with Crippen molar-refractivity contribution in [3.63, 3.8) is 0 Å². The molecule has 1 N–H and O–H groups in total. The van der Waals surface area contributed by atoms with Gasteiger partial charge >= 0.3 is 0 Å². The van der Waals surface area contributed by atoms with E-state index in [4.69, 9.17) is 9.72 Å². The van der Waals surface area contributed by atoms with Crippen molar-refractivity contribution in [1.29, 1.82) is 0 Å². The van der Waals surface area contributed by atoms with Crippen LogP contribution in [0, 0.1) is 5.82 Å².